The highest BCUT2D eigenvalue weighted by atomic mass is 32.2. The van der Waals surface area contributed by atoms with E-state index in [9.17, 15) is 9.59 Å². The van der Waals surface area contributed by atoms with E-state index in [0.29, 0.717) is 22.3 Å². The van der Waals surface area contributed by atoms with Gasteiger partial charge in [-0.2, -0.15) is 0 Å². The van der Waals surface area contributed by atoms with Gasteiger partial charge in [0.05, 0.1) is 18.8 Å². The fourth-order valence-electron chi connectivity index (χ4n) is 2.40. The Morgan fingerprint density at radius 2 is 2.27 bits per heavy atom. The molecule has 0 fully saturated rings. The fourth-order valence-corrected chi connectivity index (χ4v) is 3.53. The molecule has 1 aliphatic rings. The smallest absolute Gasteiger partial charge is 0.254 e. The molecule has 2 aromatic rings. The summed E-state index contributed by atoms with van der Waals surface area (Å²) in [7, 11) is 1.56. The van der Waals surface area contributed by atoms with Gasteiger partial charge < -0.3 is 10.1 Å². The first kappa shape index (κ1) is 14.6. The summed E-state index contributed by atoms with van der Waals surface area (Å²) in [5, 5.41) is 3.50. The maximum absolute atomic E-state index is 12.2. The standard InChI is InChI=1S/C15H15N3O3S/c1-21-12-5-3-2-4-11(12)17-13(19)8-10-9-22-15-16-7-6-14(20)18(10)15/h2-7,10H,8-9H2,1H3,(H,17,19)/t10-/m0/s1. The van der Waals surface area contributed by atoms with E-state index in [1.807, 2.05) is 12.1 Å². The Balaban J connectivity index is 1.73. The number of aromatic nitrogens is 2. The predicted molar refractivity (Wildman–Crippen MR) is 84.5 cm³/mol. The lowest BCUT2D eigenvalue weighted by atomic mass is 10.2. The Morgan fingerprint density at radius 1 is 1.45 bits per heavy atom. The number of rotatable bonds is 4. The number of carbonyl (C=O) groups excluding carboxylic acids is 1. The first-order chi connectivity index (χ1) is 10.7. The Hall–Kier alpha value is -2.28. The van der Waals surface area contributed by atoms with Crippen molar-refractivity contribution >= 4 is 23.4 Å². The maximum atomic E-state index is 12.2. The Labute approximate surface area is 131 Å². The van der Waals surface area contributed by atoms with Crippen molar-refractivity contribution in [2.75, 3.05) is 18.2 Å². The number of hydrogen-bond acceptors (Lipinski definition) is 5. The van der Waals surface area contributed by atoms with Gasteiger partial charge in [-0.05, 0) is 12.1 Å². The number of para-hydroxylation sites is 2. The van der Waals surface area contributed by atoms with E-state index in [4.69, 9.17) is 4.74 Å². The third-order valence-corrected chi connectivity index (χ3v) is 4.53. The van der Waals surface area contributed by atoms with Gasteiger partial charge in [0, 0.05) is 24.4 Å². The van der Waals surface area contributed by atoms with E-state index in [1.54, 1.807) is 23.8 Å². The molecular formula is C15H15N3O3S. The number of hydrogen-bond donors (Lipinski definition) is 1. The molecule has 0 unspecified atom stereocenters. The normalized spacial score (nSPS) is 16.1. The number of nitrogens with one attached hydrogen (secondary N) is 1. The lowest BCUT2D eigenvalue weighted by Crippen LogP contribution is -2.26. The van der Waals surface area contributed by atoms with Crippen molar-refractivity contribution in [3.8, 4) is 5.75 Å². The van der Waals surface area contributed by atoms with Crippen molar-refractivity contribution in [2.45, 2.75) is 17.6 Å². The molecule has 6 nitrogen and oxygen atoms in total. The van der Waals surface area contributed by atoms with E-state index in [-0.39, 0.29) is 23.9 Å². The number of thioether (sulfide) groups is 1. The summed E-state index contributed by atoms with van der Waals surface area (Å²) in [4.78, 5) is 28.3. The van der Waals surface area contributed by atoms with E-state index in [1.165, 1.54) is 24.0 Å². The predicted octanol–water partition coefficient (Wildman–Crippen LogP) is 1.93. The lowest BCUT2D eigenvalue weighted by molar-refractivity contribution is -0.116. The Bertz CT molecular complexity index is 760. The summed E-state index contributed by atoms with van der Waals surface area (Å²) in [5.41, 5.74) is 0.504. The summed E-state index contributed by atoms with van der Waals surface area (Å²) in [5.74, 6) is 1.13. The molecule has 1 amide bonds. The van der Waals surface area contributed by atoms with Crippen LogP contribution >= 0.6 is 11.8 Å². The Morgan fingerprint density at radius 3 is 3.09 bits per heavy atom. The number of ether oxygens (including phenoxy) is 1. The second-order valence-electron chi connectivity index (χ2n) is 4.85. The molecule has 0 saturated heterocycles. The molecule has 3 rings (SSSR count). The van der Waals surface area contributed by atoms with E-state index in [0.717, 1.165) is 0 Å². The molecule has 1 aliphatic heterocycles. The van der Waals surface area contributed by atoms with E-state index in [2.05, 4.69) is 10.3 Å². The molecule has 1 N–H and O–H groups in total. The average Bonchev–Trinajstić information content (AvgIpc) is 2.92. The first-order valence-corrected chi connectivity index (χ1v) is 7.81. The zero-order valence-corrected chi connectivity index (χ0v) is 12.8. The van der Waals surface area contributed by atoms with Gasteiger partial charge in [-0.15, -0.1) is 0 Å². The van der Waals surface area contributed by atoms with Gasteiger partial charge in [0.2, 0.25) is 5.91 Å². The van der Waals surface area contributed by atoms with Gasteiger partial charge in [-0.3, -0.25) is 14.2 Å². The van der Waals surface area contributed by atoms with Crippen LogP contribution in [0.3, 0.4) is 0 Å². The zero-order chi connectivity index (χ0) is 15.5. The number of methoxy groups -OCH3 is 1. The minimum Gasteiger partial charge on any atom is -0.495 e. The van der Waals surface area contributed by atoms with Crippen molar-refractivity contribution < 1.29 is 9.53 Å². The lowest BCUT2D eigenvalue weighted by Gasteiger charge is -2.14. The van der Waals surface area contributed by atoms with Crippen LogP contribution in [0.25, 0.3) is 0 Å². The SMILES string of the molecule is COc1ccccc1NC(=O)C[C@H]1CSc2nccc(=O)n21. The van der Waals surface area contributed by atoms with Crippen LogP contribution in [0.4, 0.5) is 5.69 Å². The largest absolute Gasteiger partial charge is 0.495 e. The molecule has 1 aromatic heterocycles. The van der Waals surface area contributed by atoms with E-state index < -0.39 is 0 Å². The molecule has 7 heteroatoms. The first-order valence-electron chi connectivity index (χ1n) is 6.82. The van der Waals surface area contributed by atoms with Crippen molar-refractivity contribution in [3.63, 3.8) is 0 Å². The fraction of sp³-hybridized carbons (Fsp3) is 0.267. The van der Waals surface area contributed by atoms with Crippen LogP contribution in [-0.2, 0) is 4.79 Å². The second-order valence-corrected chi connectivity index (χ2v) is 5.84. The van der Waals surface area contributed by atoms with Gasteiger partial charge in [0.25, 0.3) is 5.56 Å². The molecule has 1 atom stereocenters. The number of fused-ring (bicyclic) bond motifs is 1. The molecule has 0 aliphatic carbocycles. The molecule has 0 saturated carbocycles. The third-order valence-electron chi connectivity index (χ3n) is 3.42. The number of benzene rings is 1. The van der Waals surface area contributed by atoms with Gasteiger partial charge in [0.1, 0.15) is 5.75 Å². The molecule has 2 heterocycles. The van der Waals surface area contributed by atoms with Crippen molar-refractivity contribution in [3.05, 3.63) is 46.9 Å². The van der Waals surface area contributed by atoms with Crippen molar-refractivity contribution in [1.29, 1.82) is 0 Å². The number of amides is 1. The average molecular weight is 317 g/mol. The number of carbonyl (C=O) groups is 1. The summed E-state index contributed by atoms with van der Waals surface area (Å²) >= 11 is 1.49. The van der Waals surface area contributed by atoms with Gasteiger partial charge >= 0.3 is 0 Å². The van der Waals surface area contributed by atoms with Crippen LogP contribution in [0, 0.1) is 0 Å². The van der Waals surface area contributed by atoms with Crippen LogP contribution in [0.2, 0.25) is 0 Å². The van der Waals surface area contributed by atoms with Crippen LogP contribution in [0.5, 0.6) is 5.75 Å². The monoisotopic (exact) mass is 317 g/mol. The van der Waals surface area contributed by atoms with Gasteiger partial charge in [-0.25, -0.2) is 4.98 Å². The van der Waals surface area contributed by atoms with Crippen LogP contribution < -0.4 is 15.6 Å². The minimum atomic E-state index is -0.170. The minimum absolute atomic E-state index is 0.120. The summed E-state index contributed by atoms with van der Waals surface area (Å²) in [6.07, 6.45) is 1.72. The molecule has 22 heavy (non-hydrogen) atoms. The zero-order valence-electron chi connectivity index (χ0n) is 12.0. The highest BCUT2D eigenvalue weighted by Gasteiger charge is 2.26. The van der Waals surface area contributed by atoms with Gasteiger partial charge in [-0.1, -0.05) is 23.9 Å². The van der Waals surface area contributed by atoms with Crippen LogP contribution in [0.1, 0.15) is 12.5 Å². The van der Waals surface area contributed by atoms with Gasteiger partial charge in [0.15, 0.2) is 5.16 Å². The highest BCUT2D eigenvalue weighted by molar-refractivity contribution is 7.99. The maximum Gasteiger partial charge on any atom is 0.254 e. The van der Waals surface area contributed by atoms with Crippen LogP contribution in [0.15, 0.2) is 46.5 Å². The van der Waals surface area contributed by atoms with Crippen molar-refractivity contribution in [2.24, 2.45) is 0 Å². The molecule has 114 valence electrons. The quantitative estimate of drug-likeness (QED) is 0.872. The molecule has 0 spiro atoms. The van der Waals surface area contributed by atoms with Crippen molar-refractivity contribution in [1.82, 2.24) is 9.55 Å². The topological polar surface area (TPSA) is 73.2 Å². The number of anilines is 1. The molecule has 0 radical (unpaired) electrons. The molecular weight excluding hydrogens is 302 g/mol. The second kappa shape index (κ2) is 6.23. The molecule has 1 aromatic carbocycles. The third kappa shape index (κ3) is 2.85. The van der Waals surface area contributed by atoms with E-state index >= 15 is 0 Å². The summed E-state index contributed by atoms with van der Waals surface area (Å²) < 4.78 is 6.80. The van der Waals surface area contributed by atoms with Crippen LogP contribution in [-0.4, -0.2) is 28.3 Å². The summed E-state index contributed by atoms with van der Waals surface area (Å²) in [6, 6.07) is 8.47. The highest BCUT2D eigenvalue weighted by Crippen LogP contribution is 2.32. The molecule has 0 bridgehead atoms. The number of nitrogens with zero attached hydrogens (tertiary/aromatic N) is 2. The Kier molecular flexibility index (Phi) is 4.15. The summed E-state index contributed by atoms with van der Waals surface area (Å²) in [6.45, 7) is 0.